The molecule has 2 aromatic carbocycles. The van der Waals surface area contributed by atoms with Gasteiger partial charge in [-0.05, 0) is 49.8 Å². The van der Waals surface area contributed by atoms with E-state index in [0.29, 0.717) is 17.1 Å². The maximum atomic E-state index is 12.5. The average molecular weight is 415 g/mol. The van der Waals surface area contributed by atoms with E-state index < -0.39 is 11.9 Å². The summed E-state index contributed by atoms with van der Waals surface area (Å²) < 4.78 is 10.9. The number of methoxy groups -OCH3 is 1. The van der Waals surface area contributed by atoms with Crippen molar-refractivity contribution in [3.8, 4) is 17.6 Å². The third kappa shape index (κ3) is 5.50. The number of nitriles is 1. The van der Waals surface area contributed by atoms with Crippen LogP contribution in [0.5, 0.6) is 11.5 Å². The third-order valence-corrected chi connectivity index (χ3v) is 3.97. The minimum atomic E-state index is -1.19. The predicted octanol–water partition coefficient (Wildman–Crippen LogP) is 4.38. The van der Waals surface area contributed by atoms with Gasteiger partial charge in [-0.2, -0.15) is 5.26 Å². The number of nitrogens with one attached hydrogen (secondary N) is 1. The van der Waals surface area contributed by atoms with E-state index in [1.165, 1.54) is 37.5 Å². The largest absolute Gasteiger partial charge is 0.493 e. The molecule has 0 aromatic heterocycles. The molecule has 0 unspecified atom stereocenters. The van der Waals surface area contributed by atoms with Crippen molar-refractivity contribution in [2.45, 2.75) is 20.0 Å². The first-order valence-corrected chi connectivity index (χ1v) is 8.94. The monoisotopic (exact) mass is 414 g/mol. The summed E-state index contributed by atoms with van der Waals surface area (Å²) in [4.78, 5) is 23.8. The summed E-state index contributed by atoms with van der Waals surface area (Å²) in [6, 6.07) is 10.8. The zero-order chi connectivity index (χ0) is 21.6. The maximum absolute atomic E-state index is 12.5. The highest BCUT2D eigenvalue weighted by atomic mass is 35.5. The van der Waals surface area contributed by atoms with Crippen LogP contribution in [0, 0.1) is 11.3 Å². The van der Waals surface area contributed by atoms with Crippen LogP contribution in [0.2, 0.25) is 5.02 Å². The van der Waals surface area contributed by atoms with E-state index in [1.54, 1.807) is 12.1 Å². The standard InChI is InChI=1S/C21H19ClN2O5/c1-12(2)29-19-16(22)9-13(10-18(19)28-3)8-14(11-23)20(25)24-17-7-5-4-6-15(17)21(26)27/h4-10,12H,1-3H3,(H,24,25)(H,26,27). The molecule has 2 rings (SSSR count). The lowest BCUT2D eigenvalue weighted by molar-refractivity contribution is -0.112. The molecule has 0 radical (unpaired) electrons. The van der Waals surface area contributed by atoms with Crippen LogP contribution < -0.4 is 14.8 Å². The topological polar surface area (TPSA) is 109 Å². The second-order valence-electron chi connectivity index (χ2n) is 6.18. The molecule has 1 amide bonds. The Labute approximate surface area is 173 Å². The number of nitrogens with zero attached hydrogens (tertiary/aromatic N) is 1. The van der Waals surface area contributed by atoms with E-state index in [1.807, 2.05) is 19.9 Å². The van der Waals surface area contributed by atoms with Crippen molar-refractivity contribution >= 4 is 35.2 Å². The summed E-state index contributed by atoms with van der Waals surface area (Å²) in [6.45, 7) is 3.69. The number of hydrogen-bond donors (Lipinski definition) is 2. The minimum absolute atomic E-state index is 0.0851. The maximum Gasteiger partial charge on any atom is 0.337 e. The first-order valence-electron chi connectivity index (χ1n) is 8.56. The molecule has 0 atom stereocenters. The van der Waals surface area contributed by atoms with Gasteiger partial charge in [0.05, 0.1) is 29.5 Å². The number of amides is 1. The summed E-state index contributed by atoms with van der Waals surface area (Å²) in [6.07, 6.45) is 1.20. The van der Waals surface area contributed by atoms with Gasteiger partial charge in [0.15, 0.2) is 11.5 Å². The van der Waals surface area contributed by atoms with E-state index in [9.17, 15) is 20.0 Å². The zero-order valence-corrected chi connectivity index (χ0v) is 16.8. The molecule has 0 aliphatic carbocycles. The Morgan fingerprint density at radius 3 is 2.55 bits per heavy atom. The van der Waals surface area contributed by atoms with Crippen molar-refractivity contribution in [3.05, 3.63) is 58.1 Å². The smallest absolute Gasteiger partial charge is 0.337 e. The molecule has 0 bridgehead atoms. The number of carbonyl (C=O) groups is 2. The number of carboxylic acids is 1. The molecule has 0 heterocycles. The fraction of sp³-hybridized carbons (Fsp3) is 0.190. The van der Waals surface area contributed by atoms with Crippen LogP contribution in [-0.2, 0) is 4.79 Å². The molecule has 0 fully saturated rings. The van der Waals surface area contributed by atoms with Crippen molar-refractivity contribution < 1.29 is 24.2 Å². The van der Waals surface area contributed by atoms with Gasteiger partial charge in [0.25, 0.3) is 5.91 Å². The van der Waals surface area contributed by atoms with Gasteiger partial charge in [-0.25, -0.2) is 4.79 Å². The third-order valence-electron chi connectivity index (χ3n) is 3.69. The number of hydrogen-bond acceptors (Lipinski definition) is 5. The van der Waals surface area contributed by atoms with E-state index >= 15 is 0 Å². The van der Waals surface area contributed by atoms with Gasteiger partial charge in [-0.1, -0.05) is 23.7 Å². The molecule has 2 aromatic rings. The average Bonchev–Trinajstić information content (AvgIpc) is 2.67. The molecular formula is C21H19ClN2O5. The van der Waals surface area contributed by atoms with E-state index in [0.717, 1.165) is 0 Å². The fourth-order valence-electron chi connectivity index (χ4n) is 2.46. The Bertz CT molecular complexity index is 1010. The molecule has 150 valence electrons. The van der Waals surface area contributed by atoms with Gasteiger partial charge in [0, 0.05) is 0 Å². The van der Waals surface area contributed by atoms with Gasteiger partial charge in [-0.15, -0.1) is 0 Å². The molecule has 8 heteroatoms. The lowest BCUT2D eigenvalue weighted by atomic mass is 10.1. The van der Waals surface area contributed by atoms with Crippen LogP contribution in [0.15, 0.2) is 42.0 Å². The SMILES string of the molecule is COc1cc(C=C(C#N)C(=O)Nc2ccccc2C(=O)O)cc(Cl)c1OC(C)C. The second-order valence-corrected chi connectivity index (χ2v) is 6.58. The number of para-hydroxylation sites is 1. The zero-order valence-electron chi connectivity index (χ0n) is 16.0. The minimum Gasteiger partial charge on any atom is -0.493 e. The fourth-order valence-corrected chi connectivity index (χ4v) is 2.72. The number of aromatic carboxylic acids is 1. The molecule has 0 aliphatic heterocycles. The number of carboxylic acid groups (broad SMARTS) is 1. The number of anilines is 1. The Balaban J connectivity index is 2.37. The number of ether oxygens (including phenoxy) is 2. The molecule has 0 saturated heterocycles. The number of halogens is 1. The van der Waals surface area contributed by atoms with Gasteiger partial charge < -0.3 is 19.9 Å². The molecule has 2 N–H and O–H groups in total. The van der Waals surface area contributed by atoms with E-state index in [4.69, 9.17) is 21.1 Å². The Kier molecular flexibility index (Phi) is 7.23. The highest BCUT2D eigenvalue weighted by Crippen LogP contribution is 2.37. The van der Waals surface area contributed by atoms with Crippen LogP contribution in [0.1, 0.15) is 29.8 Å². The Morgan fingerprint density at radius 1 is 1.28 bits per heavy atom. The van der Waals surface area contributed by atoms with Crippen molar-refractivity contribution in [3.63, 3.8) is 0 Å². The first-order chi connectivity index (χ1) is 13.8. The van der Waals surface area contributed by atoms with Crippen LogP contribution in [0.25, 0.3) is 6.08 Å². The lowest BCUT2D eigenvalue weighted by Gasteiger charge is -2.15. The molecule has 0 saturated carbocycles. The van der Waals surface area contributed by atoms with Crippen molar-refractivity contribution in [1.82, 2.24) is 0 Å². The molecule has 0 spiro atoms. The highest BCUT2D eigenvalue weighted by molar-refractivity contribution is 6.32. The van der Waals surface area contributed by atoms with Crippen LogP contribution in [0.4, 0.5) is 5.69 Å². The van der Waals surface area contributed by atoms with Crippen LogP contribution in [0.3, 0.4) is 0 Å². The van der Waals surface area contributed by atoms with E-state index in [-0.39, 0.29) is 28.0 Å². The Morgan fingerprint density at radius 2 is 1.97 bits per heavy atom. The van der Waals surface area contributed by atoms with Crippen molar-refractivity contribution in [2.24, 2.45) is 0 Å². The summed E-state index contributed by atoms with van der Waals surface area (Å²) in [5.41, 5.74) is 0.211. The van der Waals surface area contributed by atoms with Crippen LogP contribution in [-0.4, -0.2) is 30.2 Å². The van der Waals surface area contributed by atoms with Crippen molar-refractivity contribution in [2.75, 3.05) is 12.4 Å². The summed E-state index contributed by atoms with van der Waals surface area (Å²) in [5, 5.41) is 21.3. The summed E-state index contributed by atoms with van der Waals surface area (Å²) in [5.74, 6) is -1.23. The van der Waals surface area contributed by atoms with Gasteiger partial charge >= 0.3 is 5.97 Å². The highest BCUT2D eigenvalue weighted by Gasteiger charge is 2.17. The quantitative estimate of drug-likeness (QED) is 0.514. The normalized spacial score (nSPS) is 11.0. The predicted molar refractivity (Wildman–Crippen MR) is 109 cm³/mol. The van der Waals surface area contributed by atoms with Gasteiger partial charge in [0.1, 0.15) is 11.6 Å². The molecule has 0 aliphatic rings. The van der Waals surface area contributed by atoms with Crippen LogP contribution >= 0.6 is 11.6 Å². The van der Waals surface area contributed by atoms with Gasteiger partial charge in [-0.3, -0.25) is 4.79 Å². The van der Waals surface area contributed by atoms with Gasteiger partial charge in [0.2, 0.25) is 0 Å². The van der Waals surface area contributed by atoms with Crippen molar-refractivity contribution in [1.29, 1.82) is 5.26 Å². The molecular weight excluding hydrogens is 396 g/mol. The second kappa shape index (κ2) is 9.62. The summed E-state index contributed by atoms with van der Waals surface area (Å²) >= 11 is 6.27. The summed E-state index contributed by atoms with van der Waals surface area (Å²) in [7, 11) is 1.45. The number of rotatable bonds is 7. The molecule has 7 nitrogen and oxygen atoms in total. The lowest BCUT2D eigenvalue weighted by Crippen LogP contribution is -2.16. The Hall–Kier alpha value is -3.50. The number of carbonyl (C=O) groups excluding carboxylic acids is 1. The van der Waals surface area contributed by atoms with E-state index in [2.05, 4.69) is 5.32 Å². The molecule has 29 heavy (non-hydrogen) atoms. The number of benzene rings is 2. The first kappa shape index (κ1) is 21.8.